The molecule has 86 valence electrons. The van der Waals surface area contributed by atoms with Crippen molar-refractivity contribution in [2.45, 2.75) is 19.9 Å². The second-order valence-electron chi connectivity index (χ2n) is 3.69. The van der Waals surface area contributed by atoms with Gasteiger partial charge in [0.05, 0.1) is 0 Å². The highest BCUT2D eigenvalue weighted by molar-refractivity contribution is 7.13. The molecule has 4 heteroatoms. The standard InChI is InChI=1S/C13H12N2OS/c1-2-6-15-7-5-10(11(9-14)13(15)16)12-4-3-8-17-12/h3-5,7-8H,2,6H2,1H3. The molecule has 0 radical (unpaired) electrons. The summed E-state index contributed by atoms with van der Waals surface area (Å²) in [6, 6.07) is 7.71. The van der Waals surface area contributed by atoms with E-state index >= 15 is 0 Å². The number of nitrogens with zero attached hydrogens (tertiary/aromatic N) is 2. The minimum absolute atomic E-state index is 0.194. The molecule has 0 bridgehead atoms. The van der Waals surface area contributed by atoms with Crippen LogP contribution in [0.25, 0.3) is 10.4 Å². The van der Waals surface area contributed by atoms with Gasteiger partial charge in [0, 0.05) is 23.2 Å². The second-order valence-corrected chi connectivity index (χ2v) is 4.64. The first kappa shape index (κ1) is 11.6. The molecule has 3 nitrogen and oxygen atoms in total. The monoisotopic (exact) mass is 244 g/mol. The molecular formula is C13H12N2OS. The van der Waals surface area contributed by atoms with Gasteiger partial charge in [0.2, 0.25) is 0 Å². The Balaban J connectivity index is 2.61. The molecule has 2 aromatic heterocycles. The molecule has 2 aromatic rings. The minimum Gasteiger partial charge on any atom is -0.314 e. The highest BCUT2D eigenvalue weighted by Crippen LogP contribution is 2.25. The second kappa shape index (κ2) is 4.98. The summed E-state index contributed by atoms with van der Waals surface area (Å²) in [4.78, 5) is 13.0. The summed E-state index contributed by atoms with van der Waals surface area (Å²) in [5.74, 6) is 0. The van der Waals surface area contributed by atoms with Crippen LogP contribution in [0.1, 0.15) is 18.9 Å². The van der Waals surface area contributed by atoms with Crippen LogP contribution >= 0.6 is 11.3 Å². The van der Waals surface area contributed by atoms with Crippen LogP contribution < -0.4 is 5.56 Å². The number of pyridine rings is 1. The quantitative estimate of drug-likeness (QED) is 0.833. The molecule has 0 saturated carbocycles. The lowest BCUT2D eigenvalue weighted by Crippen LogP contribution is -2.22. The van der Waals surface area contributed by atoms with Crippen LogP contribution in [0.5, 0.6) is 0 Å². The highest BCUT2D eigenvalue weighted by atomic mass is 32.1. The van der Waals surface area contributed by atoms with E-state index in [9.17, 15) is 4.79 Å². The Hall–Kier alpha value is -1.86. The lowest BCUT2D eigenvalue weighted by Gasteiger charge is -2.06. The molecule has 0 atom stereocenters. The maximum atomic E-state index is 12.1. The number of thiophene rings is 1. The van der Waals surface area contributed by atoms with Crippen LogP contribution in [0.15, 0.2) is 34.6 Å². The third-order valence-corrected chi connectivity index (χ3v) is 3.43. The van der Waals surface area contributed by atoms with Crippen molar-refractivity contribution in [3.05, 3.63) is 45.7 Å². The summed E-state index contributed by atoms with van der Waals surface area (Å²) in [7, 11) is 0. The average Bonchev–Trinajstić information content (AvgIpc) is 2.85. The van der Waals surface area contributed by atoms with Gasteiger partial charge in [-0.15, -0.1) is 11.3 Å². The van der Waals surface area contributed by atoms with Crippen LogP contribution in [0, 0.1) is 11.3 Å². The maximum Gasteiger partial charge on any atom is 0.269 e. The van der Waals surface area contributed by atoms with Crippen LogP contribution in [-0.4, -0.2) is 4.57 Å². The predicted molar refractivity (Wildman–Crippen MR) is 69.0 cm³/mol. The zero-order valence-corrected chi connectivity index (χ0v) is 10.3. The number of hydrogen-bond acceptors (Lipinski definition) is 3. The summed E-state index contributed by atoms with van der Waals surface area (Å²) in [5, 5.41) is 11.1. The van der Waals surface area contributed by atoms with Gasteiger partial charge in [-0.1, -0.05) is 13.0 Å². The zero-order chi connectivity index (χ0) is 12.3. The van der Waals surface area contributed by atoms with E-state index in [0.29, 0.717) is 6.54 Å². The van der Waals surface area contributed by atoms with E-state index in [1.54, 1.807) is 10.8 Å². The molecule has 0 fully saturated rings. The van der Waals surface area contributed by atoms with E-state index < -0.39 is 0 Å². The summed E-state index contributed by atoms with van der Waals surface area (Å²) < 4.78 is 1.59. The molecule has 0 aromatic carbocycles. The Labute approximate surface area is 104 Å². The van der Waals surface area contributed by atoms with Crippen molar-refractivity contribution in [2.75, 3.05) is 0 Å². The third-order valence-electron chi connectivity index (χ3n) is 2.53. The Morgan fingerprint density at radius 1 is 1.47 bits per heavy atom. The number of aromatic nitrogens is 1. The fraction of sp³-hybridized carbons (Fsp3) is 0.231. The molecule has 0 aliphatic heterocycles. The van der Waals surface area contributed by atoms with Gasteiger partial charge in [-0.25, -0.2) is 0 Å². The minimum atomic E-state index is -0.194. The Bertz CT molecular complexity index is 605. The van der Waals surface area contributed by atoms with Crippen molar-refractivity contribution < 1.29 is 0 Å². The van der Waals surface area contributed by atoms with E-state index in [0.717, 1.165) is 16.9 Å². The first-order chi connectivity index (χ1) is 8.27. The molecule has 2 heterocycles. The fourth-order valence-electron chi connectivity index (χ4n) is 1.74. The molecule has 0 aliphatic rings. The van der Waals surface area contributed by atoms with Gasteiger partial charge in [0.1, 0.15) is 11.6 Å². The highest BCUT2D eigenvalue weighted by Gasteiger charge is 2.11. The molecule has 0 spiro atoms. The molecule has 2 rings (SSSR count). The van der Waals surface area contributed by atoms with Crippen LogP contribution in [0.2, 0.25) is 0 Å². The van der Waals surface area contributed by atoms with Crippen molar-refractivity contribution in [1.82, 2.24) is 4.57 Å². The first-order valence-corrected chi connectivity index (χ1v) is 6.33. The van der Waals surface area contributed by atoms with E-state index in [2.05, 4.69) is 0 Å². The Kier molecular flexibility index (Phi) is 3.40. The van der Waals surface area contributed by atoms with E-state index in [1.165, 1.54) is 11.3 Å². The molecule has 0 unspecified atom stereocenters. The van der Waals surface area contributed by atoms with Gasteiger partial charge in [-0.3, -0.25) is 4.79 Å². The van der Waals surface area contributed by atoms with Gasteiger partial charge in [-0.2, -0.15) is 5.26 Å². The lowest BCUT2D eigenvalue weighted by molar-refractivity contribution is 0.653. The van der Waals surface area contributed by atoms with E-state index in [-0.39, 0.29) is 11.1 Å². The molecule has 0 saturated heterocycles. The Morgan fingerprint density at radius 2 is 2.29 bits per heavy atom. The summed E-state index contributed by atoms with van der Waals surface area (Å²) >= 11 is 1.53. The van der Waals surface area contributed by atoms with E-state index in [1.807, 2.05) is 36.6 Å². The van der Waals surface area contributed by atoms with Gasteiger partial charge >= 0.3 is 0 Å². The topological polar surface area (TPSA) is 45.8 Å². The summed E-state index contributed by atoms with van der Waals surface area (Å²) in [6.45, 7) is 2.66. The van der Waals surface area contributed by atoms with Crippen molar-refractivity contribution in [1.29, 1.82) is 5.26 Å². The predicted octanol–water partition coefficient (Wildman–Crippen LogP) is 2.86. The average molecular weight is 244 g/mol. The summed E-state index contributed by atoms with van der Waals surface area (Å²) in [6.07, 6.45) is 2.64. The SMILES string of the molecule is CCCn1ccc(-c2cccs2)c(C#N)c1=O. The normalized spacial score (nSPS) is 10.1. The van der Waals surface area contributed by atoms with Crippen molar-refractivity contribution >= 4 is 11.3 Å². The number of rotatable bonds is 3. The Morgan fingerprint density at radius 3 is 2.88 bits per heavy atom. The molecule has 17 heavy (non-hydrogen) atoms. The van der Waals surface area contributed by atoms with Gasteiger partial charge < -0.3 is 4.57 Å². The lowest BCUT2D eigenvalue weighted by atomic mass is 10.1. The summed E-state index contributed by atoms with van der Waals surface area (Å²) in [5.41, 5.74) is 0.781. The van der Waals surface area contributed by atoms with Crippen molar-refractivity contribution in [3.8, 4) is 16.5 Å². The number of nitriles is 1. The van der Waals surface area contributed by atoms with Gasteiger partial charge in [0.15, 0.2) is 0 Å². The molecule has 0 aliphatic carbocycles. The maximum absolute atomic E-state index is 12.1. The first-order valence-electron chi connectivity index (χ1n) is 5.45. The van der Waals surface area contributed by atoms with Crippen molar-refractivity contribution in [3.63, 3.8) is 0 Å². The van der Waals surface area contributed by atoms with Gasteiger partial charge in [-0.05, 0) is 23.9 Å². The molecule has 0 amide bonds. The third kappa shape index (κ3) is 2.15. The van der Waals surface area contributed by atoms with Crippen LogP contribution in [0.4, 0.5) is 0 Å². The molecule has 0 N–H and O–H groups in total. The smallest absolute Gasteiger partial charge is 0.269 e. The molecular weight excluding hydrogens is 232 g/mol. The zero-order valence-electron chi connectivity index (χ0n) is 9.51. The van der Waals surface area contributed by atoms with Crippen LogP contribution in [-0.2, 0) is 6.54 Å². The largest absolute Gasteiger partial charge is 0.314 e. The number of aryl methyl sites for hydroxylation is 1. The van der Waals surface area contributed by atoms with Crippen molar-refractivity contribution in [2.24, 2.45) is 0 Å². The van der Waals surface area contributed by atoms with Crippen LogP contribution in [0.3, 0.4) is 0 Å². The van der Waals surface area contributed by atoms with E-state index in [4.69, 9.17) is 5.26 Å². The number of hydrogen-bond donors (Lipinski definition) is 0. The fourth-order valence-corrected chi connectivity index (χ4v) is 2.49. The van der Waals surface area contributed by atoms with Gasteiger partial charge in [0.25, 0.3) is 5.56 Å².